The summed E-state index contributed by atoms with van der Waals surface area (Å²) in [5.74, 6) is 0.0804. The number of nitrogens with one attached hydrogen (secondary N) is 1. The van der Waals surface area contributed by atoms with Crippen LogP contribution in [-0.2, 0) is 5.75 Å². The number of benzene rings is 2. The van der Waals surface area contributed by atoms with Crippen molar-refractivity contribution in [3.05, 3.63) is 76.4 Å². The van der Waals surface area contributed by atoms with E-state index in [1.807, 2.05) is 24.3 Å². The number of para-hydroxylation sites is 1. The Balaban J connectivity index is 1.57. The summed E-state index contributed by atoms with van der Waals surface area (Å²) in [6.07, 6.45) is 0. The molecule has 0 fully saturated rings. The predicted molar refractivity (Wildman–Crippen MR) is 124 cm³/mol. The molecule has 4 aromatic rings. The molecule has 0 atom stereocenters. The van der Waals surface area contributed by atoms with Crippen LogP contribution in [0, 0.1) is 17.1 Å². The first-order chi connectivity index (χ1) is 15.0. The van der Waals surface area contributed by atoms with Crippen LogP contribution in [0.2, 0.25) is 0 Å². The zero-order valence-electron chi connectivity index (χ0n) is 16.1. The lowest BCUT2D eigenvalue weighted by atomic mass is 10.2. The first-order valence-corrected chi connectivity index (χ1v) is 10.9. The lowest BCUT2D eigenvalue weighted by Crippen LogP contribution is -2.12. The van der Waals surface area contributed by atoms with E-state index < -0.39 is 0 Å². The van der Waals surface area contributed by atoms with Gasteiger partial charge in [-0.3, -0.25) is 4.79 Å². The van der Waals surface area contributed by atoms with Crippen molar-refractivity contribution in [3.63, 3.8) is 0 Å². The Hall–Kier alpha value is -3.61. The van der Waals surface area contributed by atoms with E-state index in [-0.39, 0.29) is 28.8 Å². The predicted octanol–water partition coefficient (Wildman–Crippen LogP) is 5.02. The highest BCUT2D eigenvalue weighted by atomic mass is 32.2. The number of amides is 1. The van der Waals surface area contributed by atoms with Gasteiger partial charge in [0.1, 0.15) is 27.4 Å². The van der Waals surface area contributed by atoms with E-state index >= 15 is 0 Å². The molecule has 6 nitrogen and oxygen atoms in total. The molecule has 9 heteroatoms. The summed E-state index contributed by atoms with van der Waals surface area (Å²) in [7, 11) is 0. The van der Waals surface area contributed by atoms with Gasteiger partial charge in [0.15, 0.2) is 0 Å². The van der Waals surface area contributed by atoms with E-state index in [1.165, 1.54) is 23.9 Å². The number of hydrogen-bond acceptors (Lipinski definition) is 7. The number of nitrogens with two attached hydrogens (primary N) is 2. The van der Waals surface area contributed by atoms with Gasteiger partial charge >= 0.3 is 0 Å². The Morgan fingerprint density at radius 1 is 1.19 bits per heavy atom. The highest BCUT2D eigenvalue weighted by Crippen LogP contribution is 2.36. The van der Waals surface area contributed by atoms with E-state index in [1.54, 1.807) is 24.3 Å². The molecule has 0 saturated heterocycles. The maximum atomic E-state index is 13.1. The molecular formula is C22H16FN5OS2. The largest absolute Gasteiger partial charge is 0.397 e. The minimum atomic E-state index is -0.368. The summed E-state index contributed by atoms with van der Waals surface area (Å²) >= 11 is 2.65. The van der Waals surface area contributed by atoms with Gasteiger partial charge in [0.05, 0.1) is 16.9 Å². The molecular weight excluding hydrogens is 433 g/mol. The van der Waals surface area contributed by atoms with E-state index in [2.05, 4.69) is 10.3 Å². The number of halogens is 1. The quantitative estimate of drug-likeness (QED) is 0.368. The number of nitriles is 1. The van der Waals surface area contributed by atoms with Crippen molar-refractivity contribution in [3.8, 4) is 6.07 Å². The first kappa shape index (κ1) is 20.7. The lowest BCUT2D eigenvalue weighted by Gasteiger charge is -2.10. The summed E-state index contributed by atoms with van der Waals surface area (Å²) in [6.45, 7) is 0. The lowest BCUT2D eigenvalue weighted by molar-refractivity contribution is 0.103. The maximum Gasteiger partial charge on any atom is 0.267 e. The number of nitrogen functional groups attached to an aromatic ring is 2. The Morgan fingerprint density at radius 3 is 2.68 bits per heavy atom. The third kappa shape index (κ3) is 4.30. The normalized spacial score (nSPS) is 10.7. The molecule has 0 aliphatic rings. The first-order valence-electron chi connectivity index (χ1n) is 9.12. The summed E-state index contributed by atoms with van der Waals surface area (Å²) in [6, 6.07) is 17.2. The summed E-state index contributed by atoms with van der Waals surface area (Å²) in [5.41, 5.74) is 14.0. The molecule has 1 amide bonds. The monoisotopic (exact) mass is 449 g/mol. The average Bonchev–Trinajstić information content (AvgIpc) is 3.09. The third-order valence-electron chi connectivity index (χ3n) is 4.52. The second-order valence-corrected chi connectivity index (χ2v) is 8.61. The number of hydrogen-bond donors (Lipinski definition) is 3. The molecule has 0 aliphatic heterocycles. The number of carbonyl (C=O) groups is 1. The Bertz CT molecular complexity index is 1330. The Morgan fingerprint density at radius 2 is 1.94 bits per heavy atom. The van der Waals surface area contributed by atoms with Crippen molar-refractivity contribution < 1.29 is 9.18 Å². The highest BCUT2D eigenvalue weighted by molar-refractivity contribution is 7.98. The van der Waals surface area contributed by atoms with E-state index in [0.29, 0.717) is 26.5 Å². The second-order valence-electron chi connectivity index (χ2n) is 6.60. The van der Waals surface area contributed by atoms with Gasteiger partial charge in [-0.2, -0.15) is 5.26 Å². The van der Waals surface area contributed by atoms with Crippen molar-refractivity contribution >= 4 is 56.4 Å². The van der Waals surface area contributed by atoms with Gasteiger partial charge in [0.25, 0.3) is 5.91 Å². The molecule has 0 spiro atoms. The smallest absolute Gasteiger partial charge is 0.267 e. The van der Waals surface area contributed by atoms with Gasteiger partial charge < -0.3 is 16.8 Å². The second kappa shape index (κ2) is 8.63. The maximum absolute atomic E-state index is 13.1. The van der Waals surface area contributed by atoms with Gasteiger partial charge in [-0.15, -0.1) is 23.1 Å². The van der Waals surface area contributed by atoms with Crippen molar-refractivity contribution in [1.82, 2.24) is 4.98 Å². The average molecular weight is 450 g/mol. The fourth-order valence-corrected chi connectivity index (χ4v) is 4.87. The van der Waals surface area contributed by atoms with Crippen molar-refractivity contribution in [2.24, 2.45) is 0 Å². The third-order valence-corrected chi connectivity index (χ3v) is 6.78. The highest BCUT2D eigenvalue weighted by Gasteiger charge is 2.20. The van der Waals surface area contributed by atoms with Gasteiger partial charge in [-0.25, -0.2) is 9.37 Å². The molecule has 31 heavy (non-hydrogen) atoms. The molecule has 0 radical (unpaired) electrons. The summed E-state index contributed by atoms with van der Waals surface area (Å²) in [5, 5.41) is 12.6. The van der Waals surface area contributed by atoms with Crippen molar-refractivity contribution in [2.75, 3.05) is 16.8 Å². The minimum absolute atomic E-state index is 0.103. The van der Waals surface area contributed by atoms with Gasteiger partial charge in [-0.1, -0.05) is 24.3 Å². The zero-order chi connectivity index (χ0) is 22.0. The molecule has 0 unspecified atom stereocenters. The molecule has 2 heterocycles. The number of pyridine rings is 1. The van der Waals surface area contributed by atoms with Gasteiger partial charge in [-0.05, 0) is 35.9 Å². The minimum Gasteiger partial charge on any atom is -0.397 e. The number of carbonyl (C=O) groups excluding carboxylic acids is 1. The number of rotatable bonds is 5. The SMILES string of the molecule is N#Cc1cc2c(N)c(C(=O)Nc3ccccc3SCc3ccc(F)cc3)sc2nc1N. The number of nitrogens with zero attached hydrogens (tertiary/aromatic N) is 2. The number of thiophene rings is 1. The molecule has 2 aromatic heterocycles. The van der Waals surface area contributed by atoms with E-state index in [4.69, 9.17) is 16.7 Å². The summed E-state index contributed by atoms with van der Waals surface area (Å²) in [4.78, 5) is 18.8. The Labute approximate surface area is 185 Å². The molecule has 0 aliphatic carbocycles. The van der Waals surface area contributed by atoms with Crippen LogP contribution < -0.4 is 16.8 Å². The standard InChI is InChI=1S/C22H16FN5OS2/c23-14-7-5-12(6-8-14)11-30-17-4-2-1-3-16(17)27-21(29)19-18(25)15-9-13(10-24)20(26)28-22(15)31-19/h1-9H,11,25H2,(H2,26,28)(H,27,29). The summed E-state index contributed by atoms with van der Waals surface area (Å²) < 4.78 is 13.1. The van der Waals surface area contributed by atoms with Crippen LogP contribution in [0.4, 0.5) is 21.6 Å². The van der Waals surface area contributed by atoms with Crippen LogP contribution in [0.15, 0.2) is 59.5 Å². The topological polar surface area (TPSA) is 118 Å². The molecule has 154 valence electrons. The van der Waals surface area contributed by atoms with Crippen LogP contribution in [0.25, 0.3) is 10.2 Å². The number of thioether (sulfide) groups is 1. The van der Waals surface area contributed by atoms with Crippen molar-refractivity contribution in [1.29, 1.82) is 5.26 Å². The number of aromatic nitrogens is 1. The van der Waals surface area contributed by atoms with Crippen LogP contribution in [0.1, 0.15) is 20.8 Å². The fraction of sp³-hybridized carbons (Fsp3) is 0.0455. The van der Waals surface area contributed by atoms with Crippen LogP contribution >= 0.6 is 23.1 Å². The Kier molecular flexibility index (Phi) is 5.75. The van der Waals surface area contributed by atoms with Gasteiger partial charge in [0.2, 0.25) is 0 Å². The van der Waals surface area contributed by atoms with E-state index in [9.17, 15) is 9.18 Å². The zero-order valence-corrected chi connectivity index (χ0v) is 17.7. The number of fused-ring (bicyclic) bond motifs is 1. The number of anilines is 3. The van der Waals surface area contributed by atoms with E-state index in [0.717, 1.165) is 21.8 Å². The fourth-order valence-electron chi connectivity index (χ4n) is 2.93. The molecule has 0 saturated carbocycles. The molecule has 2 aromatic carbocycles. The molecule has 4 rings (SSSR count). The van der Waals surface area contributed by atoms with Gasteiger partial charge in [0, 0.05) is 16.0 Å². The molecule has 5 N–H and O–H groups in total. The molecule has 0 bridgehead atoms. The van der Waals surface area contributed by atoms with Crippen LogP contribution in [0.5, 0.6) is 0 Å². The van der Waals surface area contributed by atoms with Crippen LogP contribution in [0.3, 0.4) is 0 Å². The van der Waals surface area contributed by atoms with Crippen LogP contribution in [-0.4, -0.2) is 10.9 Å². The van der Waals surface area contributed by atoms with Crippen molar-refractivity contribution in [2.45, 2.75) is 10.6 Å².